The quantitative estimate of drug-likeness (QED) is 0.730. The van der Waals surface area contributed by atoms with Crippen molar-refractivity contribution in [3.8, 4) is 10.6 Å². The van der Waals surface area contributed by atoms with Crippen LogP contribution in [-0.2, 0) is 0 Å². The minimum Gasteiger partial charge on any atom is -0.384 e. The van der Waals surface area contributed by atoms with Crippen LogP contribution in [0.3, 0.4) is 0 Å². The standard InChI is InChI=1S/C14H12ClN3S/c1-7-10-5-9(15)3-4-12(10)19-14(7)11-6-13(16)18-8(2)17-11/h3-6H,1-2H3,(H2,16,17,18). The first kappa shape index (κ1) is 12.4. The lowest BCUT2D eigenvalue weighted by molar-refractivity contribution is 1.07. The van der Waals surface area contributed by atoms with Gasteiger partial charge < -0.3 is 5.73 Å². The predicted octanol–water partition coefficient (Wildman–Crippen LogP) is 4.21. The van der Waals surface area contributed by atoms with E-state index < -0.39 is 0 Å². The van der Waals surface area contributed by atoms with E-state index in [1.54, 1.807) is 11.3 Å². The van der Waals surface area contributed by atoms with E-state index in [0.717, 1.165) is 15.6 Å². The fraction of sp³-hybridized carbons (Fsp3) is 0.143. The largest absolute Gasteiger partial charge is 0.384 e. The second-order valence-corrected chi connectivity index (χ2v) is 5.91. The highest BCUT2D eigenvalue weighted by Crippen LogP contribution is 2.38. The van der Waals surface area contributed by atoms with Crippen molar-refractivity contribution in [3.05, 3.63) is 40.7 Å². The van der Waals surface area contributed by atoms with Gasteiger partial charge in [0.2, 0.25) is 0 Å². The zero-order valence-electron chi connectivity index (χ0n) is 10.6. The Hall–Kier alpha value is -1.65. The monoisotopic (exact) mass is 289 g/mol. The van der Waals surface area contributed by atoms with E-state index >= 15 is 0 Å². The summed E-state index contributed by atoms with van der Waals surface area (Å²) < 4.78 is 1.20. The van der Waals surface area contributed by atoms with Gasteiger partial charge in [-0.1, -0.05) is 11.6 Å². The maximum atomic E-state index is 6.06. The Morgan fingerprint density at radius 1 is 1.16 bits per heavy atom. The van der Waals surface area contributed by atoms with Crippen LogP contribution in [0.1, 0.15) is 11.4 Å². The van der Waals surface area contributed by atoms with Crippen molar-refractivity contribution < 1.29 is 0 Å². The van der Waals surface area contributed by atoms with E-state index in [4.69, 9.17) is 17.3 Å². The van der Waals surface area contributed by atoms with Gasteiger partial charge in [0.25, 0.3) is 0 Å². The van der Waals surface area contributed by atoms with Crippen LogP contribution in [-0.4, -0.2) is 9.97 Å². The van der Waals surface area contributed by atoms with Crippen molar-refractivity contribution >= 4 is 38.8 Å². The third kappa shape index (κ3) is 2.17. The van der Waals surface area contributed by atoms with Gasteiger partial charge >= 0.3 is 0 Å². The van der Waals surface area contributed by atoms with Crippen molar-refractivity contribution in [1.82, 2.24) is 9.97 Å². The molecule has 0 bridgehead atoms. The Kier molecular flexibility index (Phi) is 2.92. The predicted molar refractivity (Wildman–Crippen MR) is 81.7 cm³/mol. The first-order chi connectivity index (χ1) is 9.04. The number of hydrogen-bond donors (Lipinski definition) is 1. The molecule has 2 N–H and O–H groups in total. The average molecular weight is 290 g/mol. The van der Waals surface area contributed by atoms with Crippen molar-refractivity contribution in [2.75, 3.05) is 5.73 Å². The molecule has 0 aliphatic heterocycles. The first-order valence-corrected chi connectivity index (χ1v) is 7.04. The number of hydrogen-bond acceptors (Lipinski definition) is 4. The second kappa shape index (κ2) is 4.47. The summed E-state index contributed by atoms with van der Waals surface area (Å²) in [6, 6.07) is 7.75. The van der Waals surface area contributed by atoms with Crippen molar-refractivity contribution in [2.45, 2.75) is 13.8 Å². The lowest BCUT2D eigenvalue weighted by Gasteiger charge is -2.02. The Bertz CT molecular complexity index is 759. The average Bonchev–Trinajstić information content (AvgIpc) is 2.66. The minimum absolute atomic E-state index is 0.498. The maximum Gasteiger partial charge on any atom is 0.128 e. The smallest absolute Gasteiger partial charge is 0.128 e. The van der Waals surface area contributed by atoms with Crippen LogP contribution >= 0.6 is 22.9 Å². The molecule has 0 aliphatic carbocycles. The molecule has 0 fully saturated rings. The van der Waals surface area contributed by atoms with E-state index in [9.17, 15) is 0 Å². The SMILES string of the molecule is Cc1nc(N)cc(-c2sc3ccc(Cl)cc3c2C)n1. The summed E-state index contributed by atoms with van der Waals surface area (Å²) in [6.45, 7) is 3.93. The highest BCUT2D eigenvalue weighted by molar-refractivity contribution is 7.22. The number of aryl methyl sites for hydroxylation is 2. The number of anilines is 1. The van der Waals surface area contributed by atoms with Gasteiger partial charge in [0.1, 0.15) is 11.6 Å². The van der Waals surface area contributed by atoms with E-state index in [1.165, 1.54) is 15.6 Å². The van der Waals surface area contributed by atoms with Gasteiger partial charge in [-0.15, -0.1) is 11.3 Å². The third-order valence-electron chi connectivity index (χ3n) is 2.99. The molecule has 0 saturated carbocycles. The number of nitrogens with zero attached hydrogens (tertiary/aromatic N) is 2. The van der Waals surface area contributed by atoms with Crippen molar-refractivity contribution in [1.29, 1.82) is 0 Å². The number of halogens is 1. The number of rotatable bonds is 1. The van der Waals surface area contributed by atoms with Gasteiger partial charge in [-0.05, 0) is 43.0 Å². The fourth-order valence-corrected chi connectivity index (χ4v) is 3.47. The molecule has 96 valence electrons. The van der Waals surface area contributed by atoms with Crippen LogP contribution in [0.5, 0.6) is 0 Å². The number of nitrogens with two attached hydrogens (primary N) is 1. The molecule has 0 amide bonds. The van der Waals surface area contributed by atoms with E-state index in [2.05, 4.69) is 16.9 Å². The summed E-state index contributed by atoms with van der Waals surface area (Å²) in [5.74, 6) is 1.18. The Morgan fingerprint density at radius 3 is 2.68 bits per heavy atom. The van der Waals surface area contributed by atoms with Crippen LogP contribution in [0.4, 0.5) is 5.82 Å². The molecule has 19 heavy (non-hydrogen) atoms. The molecule has 0 unspecified atom stereocenters. The Morgan fingerprint density at radius 2 is 1.95 bits per heavy atom. The molecular formula is C14H12ClN3S. The van der Waals surface area contributed by atoms with Crippen LogP contribution in [0, 0.1) is 13.8 Å². The highest BCUT2D eigenvalue weighted by Gasteiger charge is 2.13. The second-order valence-electron chi connectivity index (χ2n) is 4.42. The molecule has 3 rings (SSSR count). The topological polar surface area (TPSA) is 51.8 Å². The van der Waals surface area contributed by atoms with Gasteiger partial charge in [0, 0.05) is 15.8 Å². The molecule has 3 nitrogen and oxygen atoms in total. The summed E-state index contributed by atoms with van der Waals surface area (Å²) in [4.78, 5) is 9.70. The first-order valence-electron chi connectivity index (χ1n) is 5.85. The van der Waals surface area contributed by atoms with Crippen molar-refractivity contribution in [2.24, 2.45) is 0 Å². The molecule has 0 spiro atoms. The summed E-state index contributed by atoms with van der Waals surface area (Å²) in [6.07, 6.45) is 0. The van der Waals surface area contributed by atoms with Gasteiger partial charge in [-0.2, -0.15) is 0 Å². The van der Waals surface area contributed by atoms with Crippen LogP contribution in [0.15, 0.2) is 24.3 Å². The Labute approximate surface area is 120 Å². The van der Waals surface area contributed by atoms with Crippen molar-refractivity contribution in [3.63, 3.8) is 0 Å². The summed E-state index contributed by atoms with van der Waals surface area (Å²) in [5, 5.41) is 1.92. The van der Waals surface area contributed by atoms with E-state index in [-0.39, 0.29) is 0 Å². The van der Waals surface area contributed by atoms with E-state index in [0.29, 0.717) is 11.6 Å². The summed E-state index contributed by atoms with van der Waals surface area (Å²) in [5.41, 5.74) is 7.85. The molecule has 3 aromatic rings. The zero-order chi connectivity index (χ0) is 13.6. The molecule has 0 saturated heterocycles. The number of nitrogen functional groups attached to an aromatic ring is 1. The number of benzene rings is 1. The minimum atomic E-state index is 0.498. The summed E-state index contributed by atoms with van der Waals surface area (Å²) >= 11 is 7.75. The van der Waals surface area contributed by atoms with Gasteiger partial charge in [-0.25, -0.2) is 9.97 Å². The Balaban J connectivity index is 2.27. The van der Waals surface area contributed by atoms with Crippen LogP contribution in [0.25, 0.3) is 20.7 Å². The molecule has 0 atom stereocenters. The molecule has 2 heterocycles. The third-order valence-corrected chi connectivity index (χ3v) is 4.52. The molecule has 0 aliphatic rings. The van der Waals surface area contributed by atoms with Crippen LogP contribution in [0.2, 0.25) is 5.02 Å². The number of thiophene rings is 1. The van der Waals surface area contributed by atoms with E-state index in [1.807, 2.05) is 31.2 Å². The molecule has 0 radical (unpaired) electrons. The number of fused-ring (bicyclic) bond motifs is 1. The molecule has 2 aromatic heterocycles. The molecule has 5 heteroatoms. The highest BCUT2D eigenvalue weighted by atomic mass is 35.5. The lowest BCUT2D eigenvalue weighted by Crippen LogP contribution is -1.96. The number of aromatic nitrogens is 2. The summed E-state index contributed by atoms with van der Waals surface area (Å²) in [7, 11) is 0. The van der Waals surface area contributed by atoms with Crippen LogP contribution < -0.4 is 5.73 Å². The fourth-order valence-electron chi connectivity index (χ4n) is 2.14. The van der Waals surface area contributed by atoms with Gasteiger partial charge in [-0.3, -0.25) is 0 Å². The zero-order valence-corrected chi connectivity index (χ0v) is 12.1. The normalized spacial score (nSPS) is 11.1. The maximum absolute atomic E-state index is 6.06. The van der Waals surface area contributed by atoms with Gasteiger partial charge in [0.15, 0.2) is 0 Å². The molecular weight excluding hydrogens is 278 g/mol. The molecule has 1 aromatic carbocycles. The lowest BCUT2D eigenvalue weighted by atomic mass is 10.1. The van der Waals surface area contributed by atoms with Gasteiger partial charge in [0.05, 0.1) is 10.6 Å².